The van der Waals surface area contributed by atoms with E-state index in [1.807, 2.05) is 24.3 Å². The fourth-order valence-corrected chi connectivity index (χ4v) is 5.79. The molecule has 1 N–H and O–H groups in total. The lowest BCUT2D eigenvalue weighted by molar-refractivity contribution is -0.113. The first-order valence-corrected chi connectivity index (χ1v) is 12.7. The van der Waals surface area contributed by atoms with Crippen LogP contribution in [-0.2, 0) is 28.9 Å². The molecule has 3 aromatic rings. The number of carbonyl (C=O) groups is 1. The van der Waals surface area contributed by atoms with Crippen LogP contribution in [-0.4, -0.2) is 33.9 Å². The van der Waals surface area contributed by atoms with Crippen LogP contribution in [0, 0.1) is 18.3 Å². The molecule has 1 saturated heterocycles. The standard InChI is InChI=1S/C26H28N4O2S/c1-17-13-25(28-22-10-4-2-8-19(17)22)33-16-24(31)29-26-21(14-27)20-9-3-5-11-23(20)30(26)15-18-7-6-12-32-18/h2,4,8,10,13,18H,3,5-7,9,11-12,15-16H2,1H3,(H,29,31). The Kier molecular flexibility index (Phi) is 6.39. The van der Waals surface area contributed by atoms with Crippen molar-refractivity contribution in [2.24, 2.45) is 0 Å². The van der Waals surface area contributed by atoms with Crippen LogP contribution < -0.4 is 5.32 Å². The van der Waals surface area contributed by atoms with E-state index in [-0.39, 0.29) is 17.8 Å². The first kappa shape index (κ1) is 22.0. The van der Waals surface area contributed by atoms with Crippen molar-refractivity contribution in [3.63, 3.8) is 0 Å². The van der Waals surface area contributed by atoms with E-state index in [1.165, 1.54) is 17.5 Å². The Labute approximate surface area is 198 Å². The van der Waals surface area contributed by atoms with Gasteiger partial charge in [-0.25, -0.2) is 4.98 Å². The van der Waals surface area contributed by atoms with E-state index in [9.17, 15) is 10.1 Å². The third-order valence-corrected chi connectivity index (χ3v) is 7.51. The molecule has 33 heavy (non-hydrogen) atoms. The van der Waals surface area contributed by atoms with Gasteiger partial charge in [-0.05, 0) is 68.7 Å². The second-order valence-corrected chi connectivity index (χ2v) is 9.84. The fraction of sp³-hybridized carbons (Fsp3) is 0.423. The molecule has 5 rings (SSSR count). The van der Waals surface area contributed by atoms with Gasteiger partial charge in [0.25, 0.3) is 0 Å². The number of aromatic nitrogens is 2. The van der Waals surface area contributed by atoms with Crippen LogP contribution >= 0.6 is 11.8 Å². The number of benzene rings is 1. The topological polar surface area (TPSA) is 79.9 Å². The highest BCUT2D eigenvalue weighted by molar-refractivity contribution is 7.99. The van der Waals surface area contributed by atoms with Crippen LogP contribution in [0.4, 0.5) is 5.82 Å². The van der Waals surface area contributed by atoms with Crippen molar-refractivity contribution >= 4 is 34.4 Å². The number of pyridine rings is 1. The number of aryl methyl sites for hydroxylation is 1. The van der Waals surface area contributed by atoms with Gasteiger partial charge in [-0.2, -0.15) is 5.26 Å². The molecule has 0 saturated carbocycles. The number of hydrogen-bond donors (Lipinski definition) is 1. The molecule has 1 fully saturated rings. The molecule has 1 aliphatic carbocycles. The van der Waals surface area contributed by atoms with Crippen molar-refractivity contribution in [2.45, 2.75) is 63.1 Å². The molecular weight excluding hydrogens is 432 g/mol. The van der Waals surface area contributed by atoms with E-state index >= 15 is 0 Å². The number of para-hydroxylation sites is 1. The molecule has 1 atom stereocenters. The van der Waals surface area contributed by atoms with Gasteiger partial charge in [0, 0.05) is 17.7 Å². The van der Waals surface area contributed by atoms with E-state index in [0.717, 1.165) is 72.2 Å². The molecular formula is C26H28N4O2S. The number of ether oxygens (including phenoxy) is 1. The van der Waals surface area contributed by atoms with Crippen LogP contribution in [0.5, 0.6) is 0 Å². The lowest BCUT2D eigenvalue weighted by Crippen LogP contribution is -2.23. The maximum Gasteiger partial charge on any atom is 0.235 e. The monoisotopic (exact) mass is 460 g/mol. The van der Waals surface area contributed by atoms with Gasteiger partial charge in [0.05, 0.1) is 34.5 Å². The maximum absolute atomic E-state index is 13.0. The van der Waals surface area contributed by atoms with Gasteiger partial charge in [0.15, 0.2) is 0 Å². The molecule has 0 bridgehead atoms. The highest BCUT2D eigenvalue weighted by atomic mass is 32.2. The first-order valence-electron chi connectivity index (χ1n) is 11.7. The number of nitrogens with zero attached hydrogens (tertiary/aromatic N) is 3. The number of fused-ring (bicyclic) bond motifs is 2. The molecule has 1 aromatic carbocycles. The van der Waals surface area contributed by atoms with Gasteiger partial charge in [0.1, 0.15) is 11.9 Å². The number of rotatable bonds is 6. The fourth-order valence-electron chi connectivity index (χ4n) is 5.01. The smallest absolute Gasteiger partial charge is 0.235 e. The summed E-state index contributed by atoms with van der Waals surface area (Å²) in [6, 6.07) is 12.4. The summed E-state index contributed by atoms with van der Waals surface area (Å²) in [5.41, 5.74) is 5.01. The Bertz CT molecular complexity index is 1240. The highest BCUT2D eigenvalue weighted by Crippen LogP contribution is 2.34. The molecule has 0 radical (unpaired) electrons. The predicted octanol–water partition coefficient (Wildman–Crippen LogP) is 5.01. The first-order chi connectivity index (χ1) is 16.1. The molecule has 2 aromatic heterocycles. The Morgan fingerprint density at radius 3 is 2.97 bits per heavy atom. The Morgan fingerprint density at radius 2 is 2.15 bits per heavy atom. The molecule has 2 aliphatic rings. The van der Waals surface area contributed by atoms with Crippen molar-refractivity contribution in [2.75, 3.05) is 17.7 Å². The summed E-state index contributed by atoms with van der Waals surface area (Å²) in [4.78, 5) is 17.7. The SMILES string of the molecule is Cc1cc(SCC(=O)Nc2c(C#N)c3c(n2CC2CCCO2)CCCC3)nc2ccccc12. The lowest BCUT2D eigenvalue weighted by Gasteiger charge is -2.19. The third kappa shape index (κ3) is 4.50. The zero-order valence-corrected chi connectivity index (χ0v) is 19.7. The molecule has 170 valence electrons. The van der Waals surface area contributed by atoms with Crippen LogP contribution in [0.2, 0.25) is 0 Å². The van der Waals surface area contributed by atoms with Gasteiger partial charge in [-0.15, -0.1) is 0 Å². The Hall–Kier alpha value is -2.82. The Balaban J connectivity index is 1.36. The second-order valence-electron chi connectivity index (χ2n) is 8.84. The minimum atomic E-state index is -0.118. The molecule has 1 aliphatic heterocycles. The summed E-state index contributed by atoms with van der Waals surface area (Å²) in [6.45, 7) is 3.55. The van der Waals surface area contributed by atoms with E-state index in [4.69, 9.17) is 9.72 Å². The zero-order chi connectivity index (χ0) is 22.8. The number of thioether (sulfide) groups is 1. The molecule has 6 nitrogen and oxygen atoms in total. The molecule has 1 unspecified atom stereocenters. The van der Waals surface area contributed by atoms with Gasteiger partial charge >= 0.3 is 0 Å². The van der Waals surface area contributed by atoms with Gasteiger partial charge < -0.3 is 14.6 Å². The van der Waals surface area contributed by atoms with Crippen LogP contribution in [0.3, 0.4) is 0 Å². The van der Waals surface area contributed by atoms with Crippen molar-refractivity contribution in [1.29, 1.82) is 5.26 Å². The maximum atomic E-state index is 13.0. The number of anilines is 1. The summed E-state index contributed by atoms with van der Waals surface area (Å²) < 4.78 is 8.03. The highest BCUT2D eigenvalue weighted by Gasteiger charge is 2.28. The van der Waals surface area contributed by atoms with Crippen molar-refractivity contribution in [1.82, 2.24) is 9.55 Å². The lowest BCUT2D eigenvalue weighted by atomic mass is 9.95. The van der Waals surface area contributed by atoms with Crippen molar-refractivity contribution in [3.05, 3.63) is 52.7 Å². The van der Waals surface area contributed by atoms with E-state index < -0.39 is 0 Å². The van der Waals surface area contributed by atoms with Crippen molar-refractivity contribution < 1.29 is 9.53 Å². The summed E-state index contributed by atoms with van der Waals surface area (Å²) in [5.74, 6) is 0.770. The van der Waals surface area contributed by atoms with E-state index in [0.29, 0.717) is 17.9 Å². The third-order valence-electron chi connectivity index (χ3n) is 6.60. The van der Waals surface area contributed by atoms with Crippen molar-refractivity contribution in [3.8, 4) is 6.07 Å². The van der Waals surface area contributed by atoms with Crippen LogP contribution in [0.25, 0.3) is 10.9 Å². The van der Waals surface area contributed by atoms with E-state index in [1.54, 1.807) is 0 Å². The average Bonchev–Trinajstić information content (AvgIpc) is 3.44. The van der Waals surface area contributed by atoms with Gasteiger partial charge in [0.2, 0.25) is 5.91 Å². The molecule has 0 spiro atoms. The quantitative estimate of drug-likeness (QED) is 0.524. The normalized spacial score (nSPS) is 17.6. The second kappa shape index (κ2) is 9.58. The summed E-state index contributed by atoms with van der Waals surface area (Å²) >= 11 is 1.42. The molecule has 1 amide bonds. The molecule has 3 heterocycles. The average molecular weight is 461 g/mol. The zero-order valence-electron chi connectivity index (χ0n) is 18.9. The minimum Gasteiger partial charge on any atom is -0.376 e. The van der Waals surface area contributed by atoms with Gasteiger partial charge in [-0.1, -0.05) is 30.0 Å². The molecule has 7 heteroatoms. The minimum absolute atomic E-state index is 0.118. The number of amides is 1. The predicted molar refractivity (Wildman–Crippen MR) is 131 cm³/mol. The van der Waals surface area contributed by atoms with Crippen LogP contribution in [0.15, 0.2) is 35.4 Å². The number of hydrogen-bond acceptors (Lipinski definition) is 5. The number of carbonyl (C=O) groups excluding carboxylic acids is 1. The number of nitriles is 1. The van der Waals surface area contributed by atoms with Gasteiger partial charge in [-0.3, -0.25) is 4.79 Å². The number of nitrogens with one attached hydrogen (secondary N) is 1. The van der Waals surface area contributed by atoms with Crippen LogP contribution in [0.1, 0.15) is 48.1 Å². The largest absolute Gasteiger partial charge is 0.376 e. The van der Waals surface area contributed by atoms with E-state index in [2.05, 4.69) is 28.9 Å². The summed E-state index contributed by atoms with van der Waals surface area (Å²) in [7, 11) is 0. The Morgan fingerprint density at radius 1 is 1.30 bits per heavy atom. The summed E-state index contributed by atoms with van der Waals surface area (Å²) in [5, 5.41) is 15.0. The summed E-state index contributed by atoms with van der Waals surface area (Å²) in [6.07, 6.45) is 6.27.